The van der Waals surface area contributed by atoms with Crippen LogP contribution in [0.25, 0.3) is 0 Å². The number of alkyl halides is 3. The van der Waals surface area contributed by atoms with Gasteiger partial charge in [0.2, 0.25) is 0 Å². The number of hydrogen-bond donors (Lipinski definition) is 1. The molecule has 1 N–H and O–H groups in total. The Hall–Kier alpha value is -1.27. The molecule has 0 spiro atoms. The topological polar surface area (TPSA) is 30.5 Å². The summed E-state index contributed by atoms with van der Waals surface area (Å²) in [7, 11) is 3.34. The summed E-state index contributed by atoms with van der Waals surface area (Å²) in [5.41, 5.74) is -0.0131. The molecule has 0 radical (unpaired) electrons. The highest BCUT2D eigenvalue weighted by Gasteiger charge is 2.43. The lowest BCUT2D eigenvalue weighted by atomic mass is 9.86. The number of para-hydroxylation sites is 1. The highest BCUT2D eigenvalue weighted by atomic mass is 19.4. The normalized spacial score (nSPS) is 19.5. The minimum Gasteiger partial charge on any atom is -0.405 e. The summed E-state index contributed by atoms with van der Waals surface area (Å²) in [6, 6.07) is 5.89. The second kappa shape index (κ2) is 6.23. The van der Waals surface area contributed by atoms with Crippen LogP contribution in [0.3, 0.4) is 0 Å². The second-order valence-electron chi connectivity index (χ2n) is 5.28. The minimum absolute atomic E-state index is 0.173. The molecule has 118 valence electrons. The van der Waals surface area contributed by atoms with E-state index < -0.39 is 12.0 Å². The summed E-state index contributed by atoms with van der Waals surface area (Å²) >= 11 is 0. The van der Waals surface area contributed by atoms with Crippen molar-refractivity contribution < 1.29 is 22.6 Å². The molecular weight excluding hydrogens is 283 g/mol. The fourth-order valence-electron chi connectivity index (χ4n) is 3.22. The van der Waals surface area contributed by atoms with Gasteiger partial charge in [0.15, 0.2) is 0 Å². The molecule has 0 aliphatic heterocycles. The maximum Gasteiger partial charge on any atom is 0.573 e. The van der Waals surface area contributed by atoms with Crippen molar-refractivity contribution in [2.45, 2.75) is 43.7 Å². The van der Waals surface area contributed by atoms with Crippen LogP contribution < -0.4 is 10.1 Å². The van der Waals surface area contributed by atoms with E-state index in [1.54, 1.807) is 26.3 Å². The van der Waals surface area contributed by atoms with Crippen molar-refractivity contribution in [2.75, 3.05) is 14.2 Å². The van der Waals surface area contributed by atoms with Gasteiger partial charge in [0.25, 0.3) is 0 Å². The number of nitrogens with one attached hydrogen (secondary N) is 1. The summed E-state index contributed by atoms with van der Waals surface area (Å²) in [6.07, 6.45) is -1.06. The van der Waals surface area contributed by atoms with Crippen LogP contribution in [0, 0.1) is 0 Å². The van der Waals surface area contributed by atoms with Crippen LogP contribution in [0.15, 0.2) is 24.3 Å². The van der Waals surface area contributed by atoms with E-state index in [2.05, 4.69) is 10.1 Å². The summed E-state index contributed by atoms with van der Waals surface area (Å²) in [4.78, 5) is 0. The Labute approximate surface area is 122 Å². The third-order valence-electron chi connectivity index (χ3n) is 4.13. The number of ether oxygens (including phenoxy) is 2. The van der Waals surface area contributed by atoms with Crippen molar-refractivity contribution in [1.82, 2.24) is 5.32 Å². The first kappa shape index (κ1) is 16.1. The van der Waals surface area contributed by atoms with Crippen LogP contribution in [0.1, 0.15) is 37.3 Å². The van der Waals surface area contributed by atoms with Crippen molar-refractivity contribution >= 4 is 0 Å². The van der Waals surface area contributed by atoms with Crippen molar-refractivity contribution in [2.24, 2.45) is 0 Å². The summed E-state index contributed by atoms with van der Waals surface area (Å²) in [6.45, 7) is 0. The molecule has 21 heavy (non-hydrogen) atoms. The Balaban J connectivity index is 2.38. The summed E-state index contributed by atoms with van der Waals surface area (Å²) in [5.74, 6) is -0.173. The zero-order chi connectivity index (χ0) is 15.5. The second-order valence-corrected chi connectivity index (χ2v) is 5.28. The standard InChI is InChI=1S/C15H20F3NO2/c1-19-13(14(20-2)9-5-6-10-14)11-7-3-4-8-12(11)21-15(16,17)18/h3-4,7-8,13,19H,5-6,9-10H2,1-2H3. The molecular formula is C15H20F3NO2. The van der Waals surface area contributed by atoms with E-state index in [9.17, 15) is 13.2 Å². The average molecular weight is 303 g/mol. The summed E-state index contributed by atoms with van der Waals surface area (Å²) in [5, 5.41) is 3.11. The molecule has 1 aliphatic rings. The largest absolute Gasteiger partial charge is 0.573 e. The van der Waals surface area contributed by atoms with Crippen LogP contribution in [0.5, 0.6) is 5.75 Å². The highest BCUT2D eigenvalue weighted by molar-refractivity contribution is 5.38. The van der Waals surface area contributed by atoms with E-state index in [-0.39, 0.29) is 11.8 Å². The van der Waals surface area contributed by atoms with Gasteiger partial charge in [-0.15, -0.1) is 13.2 Å². The van der Waals surface area contributed by atoms with Crippen LogP contribution in [0.2, 0.25) is 0 Å². The van der Waals surface area contributed by atoms with E-state index in [1.165, 1.54) is 12.1 Å². The molecule has 0 bridgehead atoms. The van der Waals surface area contributed by atoms with Gasteiger partial charge >= 0.3 is 6.36 Å². The first-order chi connectivity index (χ1) is 9.92. The molecule has 6 heteroatoms. The fourth-order valence-corrected chi connectivity index (χ4v) is 3.22. The van der Waals surface area contributed by atoms with Gasteiger partial charge in [-0.25, -0.2) is 0 Å². The molecule has 1 aromatic carbocycles. The minimum atomic E-state index is -4.70. The van der Waals surface area contributed by atoms with E-state index in [0.717, 1.165) is 25.7 Å². The molecule has 3 nitrogen and oxygen atoms in total. The Morgan fingerprint density at radius 2 is 1.81 bits per heavy atom. The average Bonchev–Trinajstić information content (AvgIpc) is 2.90. The smallest absolute Gasteiger partial charge is 0.405 e. The quantitative estimate of drug-likeness (QED) is 0.897. The number of benzene rings is 1. The van der Waals surface area contributed by atoms with Gasteiger partial charge in [0.1, 0.15) is 5.75 Å². The summed E-state index contributed by atoms with van der Waals surface area (Å²) < 4.78 is 47.6. The maximum absolute atomic E-state index is 12.6. The van der Waals surface area contributed by atoms with Crippen molar-refractivity contribution in [3.05, 3.63) is 29.8 Å². The fraction of sp³-hybridized carbons (Fsp3) is 0.600. The van der Waals surface area contributed by atoms with Crippen molar-refractivity contribution in [1.29, 1.82) is 0 Å². The maximum atomic E-state index is 12.6. The van der Waals surface area contributed by atoms with Crippen LogP contribution in [0.4, 0.5) is 13.2 Å². The van der Waals surface area contributed by atoms with E-state index in [4.69, 9.17) is 4.74 Å². The highest BCUT2D eigenvalue weighted by Crippen LogP contribution is 2.45. The lowest BCUT2D eigenvalue weighted by Crippen LogP contribution is -2.42. The molecule has 1 aliphatic carbocycles. The first-order valence-corrected chi connectivity index (χ1v) is 6.99. The number of halogens is 3. The van der Waals surface area contributed by atoms with Gasteiger partial charge in [0.05, 0.1) is 11.6 Å². The van der Waals surface area contributed by atoms with Gasteiger partial charge in [0, 0.05) is 12.7 Å². The van der Waals surface area contributed by atoms with Gasteiger partial charge in [-0.3, -0.25) is 0 Å². The van der Waals surface area contributed by atoms with Gasteiger partial charge in [-0.2, -0.15) is 0 Å². The van der Waals surface area contributed by atoms with Gasteiger partial charge < -0.3 is 14.8 Å². The zero-order valence-corrected chi connectivity index (χ0v) is 12.2. The Bertz CT molecular complexity index is 470. The van der Waals surface area contributed by atoms with Gasteiger partial charge in [-0.1, -0.05) is 31.0 Å². The van der Waals surface area contributed by atoms with Gasteiger partial charge in [-0.05, 0) is 26.0 Å². The van der Waals surface area contributed by atoms with E-state index in [1.807, 2.05) is 0 Å². The van der Waals surface area contributed by atoms with Crippen molar-refractivity contribution in [3.63, 3.8) is 0 Å². The number of likely N-dealkylation sites (N-methyl/N-ethyl adjacent to an activating group) is 1. The molecule has 1 atom stereocenters. The number of methoxy groups -OCH3 is 1. The molecule has 1 unspecified atom stereocenters. The molecule has 2 rings (SSSR count). The van der Waals surface area contributed by atoms with Crippen molar-refractivity contribution in [3.8, 4) is 5.75 Å². The molecule has 0 saturated heterocycles. The third kappa shape index (κ3) is 3.49. The Kier molecular flexibility index (Phi) is 4.78. The van der Waals surface area contributed by atoms with Crippen LogP contribution in [-0.4, -0.2) is 26.1 Å². The van der Waals surface area contributed by atoms with Crippen LogP contribution in [-0.2, 0) is 4.74 Å². The number of rotatable bonds is 5. The Morgan fingerprint density at radius 3 is 2.33 bits per heavy atom. The molecule has 0 aromatic heterocycles. The molecule has 0 heterocycles. The predicted molar refractivity (Wildman–Crippen MR) is 73.1 cm³/mol. The lowest BCUT2D eigenvalue weighted by Gasteiger charge is -2.37. The van der Waals surface area contributed by atoms with Crippen LogP contribution >= 0.6 is 0 Å². The van der Waals surface area contributed by atoms with E-state index in [0.29, 0.717) is 5.56 Å². The zero-order valence-electron chi connectivity index (χ0n) is 12.2. The SMILES string of the molecule is CNC(c1ccccc1OC(F)(F)F)C1(OC)CCCC1. The molecule has 1 fully saturated rings. The monoisotopic (exact) mass is 303 g/mol. The predicted octanol–water partition coefficient (Wildman–Crippen LogP) is 3.80. The number of hydrogen-bond acceptors (Lipinski definition) is 3. The Morgan fingerprint density at radius 1 is 1.19 bits per heavy atom. The lowest BCUT2D eigenvalue weighted by molar-refractivity contribution is -0.275. The molecule has 0 amide bonds. The first-order valence-electron chi connectivity index (χ1n) is 6.99. The molecule has 1 saturated carbocycles. The third-order valence-corrected chi connectivity index (χ3v) is 4.13. The van der Waals surface area contributed by atoms with E-state index >= 15 is 0 Å². The molecule has 1 aromatic rings.